The number of pyridine rings is 1. The molecule has 1 aromatic carbocycles. The number of hydrogen-bond acceptors (Lipinski definition) is 8. The molecule has 0 saturated carbocycles. The van der Waals surface area contributed by atoms with E-state index in [-0.39, 0.29) is 6.61 Å². The molecule has 1 aliphatic rings. The van der Waals surface area contributed by atoms with Gasteiger partial charge in [-0.15, -0.1) is 0 Å². The van der Waals surface area contributed by atoms with Crippen LogP contribution in [0.15, 0.2) is 54.9 Å². The SMILES string of the molecule is CC(C)c1cnn2c(NCc3ccc(-c4ccccn4)cc3)nc(N3CCN(CCO)CC3)nc12. The average molecular weight is 473 g/mol. The molecule has 0 spiro atoms. The standard InChI is InChI=1S/C26H32N8O/c1-19(2)22-18-29-34-24(22)30-26(33-13-11-32(12-14-33)15-16-35)31-25(34)28-17-20-6-8-21(9-7-20)23-5-3-4-10-27-23/h3-10,18-19,35H,11-17H2,1-2H3,(H,28,30,31). The number of benzene rings is 1. The van der Waals surface area contributed by atoms with Gasteiger partial charge in [-0.1, -0.05) is 44.2 Å². The van der Waals surface area contributed by atoms with Crippen molar-refractivity contribution < 1.29 is 5.11 Å². The van der Waals surface area contributed by atoms with Crippen molar-refractivity contribution in [2.75, 3.05) is 49.5 Å². The third kappa shape index (κ3) is 5.11. The highest BCUT2D eigenvalue weighted by atomic mass is 16.3. The summed E-state index contributed by atoms with van der Waals surface area (Å²) >= 11 is 0. The van der Waals surface area contributed by atoms with E-state index in [0.29, 0.717) is 25.0 Å². The molecule has 1 aliphatic heterocycles. The Labute approximate surface area is 205 Å². The maximum absolute atomic E-state index is 9.24. The molecular weight excluding hydrogens is 440 g/mol. The minimum absolute atomic E-state index is 0.187. The summed E-state index contributed by atoms with van der Waals surface area (Å²) in [5.41, 5.74) is 5.15. The minimum Gasteiger partial charge on any atom is -0.395 e. The summed E-state index contributed by atoms with van der Waals surface area (Å²) in [6.07, 6.45) is 3.70. The zero-order valence-corrected chi connectivity index (χ0v) is 20.3. The van der Waals surface area contributed by atoms with Crippen molar-refractivity contribution >= 4 is 17.5 Å². The Balaban J connectivity index is 1.38. The highest BCUT2D eigenvalue weighted by molar-refractivity contribution is 5.59. The van der Waals surface area contributed by atoms with Gasteiger partial charge in [0.2, 0.25) is 11.9 Å². The van der Waals surface area contributed by atoms with E-state index in [1.807, 2.05) is 35.1 Å². The van der Waals surface area contributed by atoms with E-state index in [9.17, 15) is 5.11 Å². The predicted molar refractivity (Wildman–Crippen MR) is 138 cm³/mol. The predicted octanol–water partition coefficient (Wildman–Crippen LogP) is 3.04. The van der Waals surface area contributed by atoms with Crippen LogP contribution in [0.5, 0.6) is 0 Å². The van der Waals surface area contributed by atoms with Crippen LogP contribution in [0.1, 0.15) is 30.9 Å². The molecule has 4 heterocycles. The Morgan fingerprint density at radius 3 is 2.49 bits per heavy atom. The van der Waals surface area contributed by atoms with Crippen molar-refractivity contribution in [3.63, 3.8) is 0 Å². The third-order valence-electron chi connectivity index (χ3n) is 6.44. The van der Waals surface area contributed by atoms with E-state index in [0.717, 1.165) is 60.2 Å². The second-order valence-corrected chi connectivity index (χ2v) is 9.15. The van der Waals surface area contributed by atoms with Gasteiger partial charge in [-0.05, 0) is 23.6 Å². The number of aliphatic hydroxyl groups excluding tert-OH is 1. The van der Waals surface area contributed by atoms with E-state index in [4.69, 9.17) is 9.97 Å². The molecule has 35 heavy (non-hydrogen) atoms. The Kier molecular flexibility index (Phi) is 6.87. The van der Waals surface area contributed by atoms with Gasteiger partial charge in [0.05, 0.1) is 18.5 Å². The minimum atomic E-state index is 0.187. The number of piperazine rings is 1. The van der Waals surface area contributed by atoms with E-state index in [1.54, 1.807) is 0 Å². The summed E-state index contributed by atoms with van der Waals surface area (Å²) in [7, 11) is 0. The zero-order valence-electron chi connectivity index (χ0n) is 20.3. The second-order valence-electron chi connectivity index (χ2n) is 9.15. The lowest BCUT2D eigenvalue weighted by Crippen LogP contribution is -2.47. The number of aliphatic hydroxyl groups is 1. The summed E-state index contributed by atoms with van der Waals surface area (Å²) in [5.74, 6) is 1.71. The van der Waals surface area contributed by atoms with Gasteiger partial charge in [-0.3, -0.25) is 9.88 Å². The molecular formula is C26H32N8O. The smallest absolute Gasteiger partial charge is 0.230 e. The Morgan fingerprint density at radius 1 is 1.00 bits per heavy atom. The van der Waals surface area contributed by atoms with Gasteiger partial charge >= 0.3 is 0 Å². The largest absolute Gasteiger partial charge is 0.395 e. The molecule has 1 saturated heterocycles. The van der Waals surface area contributed by atoms with E-state index in [1.165, 1.54) is 0 Å². The van der Waals surface area contributed by atoms with Crippen LogP contribution in [-0.2, 0) is 6.54 Å². The zero-order chi connectivity index (χ0) is 24.2. The topological polar surface area (TPSA) is 94.7 Å². The van der Waals surface area contributed by atoms with Gasteiger partial charge in [0.1, 0.15) is 0 Å². The number of aromatic nitrogens is 5. The molecule has 0 radical (unpaired) electrons. The van der Waals surface area contributed by atoms with Crippen molar-refractivity contribution in [3.05, 3.63) is 66.0 Å². The highest BCUT2D eigenvalue weighted by Crippen LogP contribution is 2.24. The van der Waals surface area contributed by atoms with Crippen LogP contribution in [0.25, 0.3) is 16.9 Å². The molecule has 4 aromatic rings. The average Bonchev–Trinajstić information content (AvgIpc) is 3.33. The maximum Gasteiger partial charge on any atom is 0.230 e. The first-order chi connectivity index (χ1) is 17.1. The lowest BCUT2D eigenvalue weighted by Gasteiger charge is -2.34. The van der Waals surface area contributed by atoms with Crippen LogP contribution in [0.3, 0.4) is 0 Å². The van der Waals surface area contributed by atoms with Crippen molar-refractivity contribution in [2.24, 2.45) is 0 Å². The van der Waals surface area contributed by atoms with E-state index >= 15 is 0 Å². The molecule has 182 valence electrons. The monoisotopic (exact) mass is 472 g/mol. The summed E-state index contributed by atoms with van der Waals surface area (Å²) in [6.45, 7) is 9.26. The second kappa shape index (κ2) is 10.4. The van der Waals surface area contributed by atoms with Gasteiger partial charge in [0, 0.05) is 56.6 Å². The number of rotatable bonds is 8. The summed E-state index contributed by atoms with van der Waals surface area (Å²) in [4.78, 5) is 18.7. The normalized spacial score (nSPS) is 14.7. The van der Waals surface area contributed by atoms with Crippen molar-refractivity contribution in [1.82, 2.24) is 29.5 Å². The van der Waals surface area contributed by atoms with Gasteiger partial charge < -0.3 is 15.3 Å². The summed E-state index contributed by atoms with van der Waals surface area (Å²) in [6, 6.07) is 14.3. The summed E-state index contributed by atoms with van der Waals surface area (Å²) in [5, 5.41) is 17.3. The van der Waals surface area contributed by atoms with Gasteiger partial charge in [0.15, 0.2) is 5.65 Å². The Morgan fingerprint density at radius 2 is 1.80 bits per heavy atom. The maximum atomic E-state index is 9.24. The van der Waals surface area contributed by atoms with E-state index < -0.39 is 0 Å². The van der Waals surface area contributed by atoms with Crippen LogP contribution >= 0.6 is 0 Å². The fraction of sp³-hybridized carbons (Fsp3) is 0.385. The van der Waals surface area contributed by atoms with Crippen LogP contribution < -0.4 is 10.2 Å². The fourth-order valence-corrected chi connectivity index (χ4v) is 4.37. The summed E-state index contributed by atoms with van der Waals surface area (Å²) < 4.78 is 1.81. The fourth-order valence-electron chi connectivity index (χ4n) is 4.37. The molecule has 9 heteroatoms. The quantitative estimate of drug-likeness (QED) is 0.404. The first-order valence-electron chi connectivity index (χ1n) is 12.2. The van der Waals surface area contributed by atoms with Crippen LogP contribution in [-0.4, -0.2) is 73.9 Å². The lowest BCUT2D eigenvalue weighted by molar-refractivity contribution is 0.188. The number of anilines is 2. The number of β-amino-alcohol motifs (C(OH)–C–C–N with tert-alkyl or cyclic N) is 1. The number of nitrogens with zero attached hydrogens (tertiary/aromatic N) is 7. The van der Waals surface area contributed by atoms with Gasteiger partial charge in [-0.25, -0.2) is 0 Å². The molecule has 1 fully saturated rings. The third-order valence-corrected chi connectivity index (χ3v) is 6.44. The van der Waals surface area contributed by atoms with Crippen LogP contribution in [0, 0.1) is 0 Å². The van der Waals surface area contributed by atoms with Gasteiger partial charge in [0.25, 0.3) is 0 Å². The molecule has 0 atom stereocenters. The Hall–Kier alpha value is -3.56. The molecule has 0 amide bonds. The number of hydrogen-bond donors (Lipinski definition) is 2. The first kappa shape index (κ1) is 23.2. The van der Waals surface area contributed by atoms with E-state index in [2.05, 4.69) is 63.3 Å². The molecule has 2 N–H and O–H groups in total. The molecule has 9 nitrogen and oxygen atoms in total. The number of fused-ring (bicyclic) bond motifs is 1. The number of nitrogens with one attached hydrogen (secondary N) is 1. The van der Waals surface area contributed by atoms with Crippen molar-refractivity contribution in [3.8, 4) is 11.3 Å². The van der Waals surface area contributed by atoms with Crippen LogP contribution in [0.4, 0.5) is 11.9 Å². The molecule has 3 aromatic heterocycles. The lowest BCUT2D eigenvalue weighted by atomic mass is 10.1. The van der Waals surface area contributed by atoms with Crippen molar-refractivity contribution in [1.29, 1.82) is 0 Å². The van der Waals surface area contributed by atoms with Gasteiger partial charge in [-0.2, -0.15) is 19.6 Å². The molecule has 0 aliphatic carbocycles. The first-order valence-corrected chi connectivity index (χ1v) is 12.2. The molecule has 0 bridgehead atoms. The Bertz CT molecular complexity index is 1250. The highest BCUT2D eigenvalue weighted by Gasteiger charge is 2.22. The van der Waals surface area contributed by atoms with Crippen LogP contribution in [0.2, 0.25) is 0 Å². The van der Waals surface area contributed by atoms with Crippen molar-refractivity contribution in [2.45, 2.75) is 26.3 Å². The molecule has 5 rings (SSSR count). The molecule has 0 unspecified atom stereocenters.